The van der Waals surface area contributed by atoms with Crippen molar-refractivity contribution in [2.24, 2.45) is 7.05 Å². The van der Waals surface area contributed by atoms with Crippen LogP contribution in [0.1, 0.15) is 5.56 Å². The summed E-state index contributed by atoms with van der Waals surface area (Å²) in [6.07, 6.45) is 3.33. The first-order valence-corrected chi connectivity index (χ1v) is 5.59. The van der Waals surface area contributed by atoms with Crippen LogP contribution in [0.5, 0.6) is 0 Å². The van der Waals surface area contributed by atoms with Crippen LogP contribution in [0, 0.1) is 0 Å². The minimum absolute atomic E-state index is 0.429. The molecule has 0 aliphatic rings. The van der Waals surface area contributed by atoms with Gasteiger partial charge in [0.25, 0.3) is 0 Å². The van der Waals surface area contributed by atoms with E-state index >= 15 is 0 Å². The highest BCUT2D eigenvalue weighted by atomic mass is 16.5. The highest BCUT2D eigenvalue weighted by Gasteiger charge is 2.03. The molecular formula is C13H15N3O2. The summed E-state index contributed by atoms with van der Waals surface area (Å²) in [6, 6.07) is 7.94. The van der Waals surface area contributed by atoms with Crippen molar-refractivity contribution < 1.29 is 9.53 Å². The molecule has 2 aromatic rings. The number of aromatic nitrogens is 2. The third-order valence-electron chi connectivity index (χ3n) is 2.59. The van der Waals surface area contributed by atoms with E-state index in [1.807, 2.05) is 43.7 Å². The Bertz CT molecular complexity index is 549. The molecule has 1 amide bonds. The molecule has 2 rings (SSSR count). The van der Waals surface area contributed by atoms with E-state index in [1.165, 1.54) is 7.11 Å². The molecule has 5 heteroatoms. The molecule has 0 radical (unpaired) electrons. The molecule has 0 aliphatic carbocycles. The van der Waals surface area contributed by atoms with E-state index in [1.54, 1.807) is 4.68 Å². The summed E-state index contributed by atoms with van der Waals surface area (Å²) >= 11 is 0. The Morgan fingerprint density at radius 3 is 2.94 bits per heavy atom. The lowest BCUT2D eigenvalue weighted by Crippen LogP contribution is -2.22. The molecule has 94 valence electrons. The zero-order valence-corrected chi connectivity index (χ0v) is 10.4. The van der Waals surface area contributed by atoms with Gasteiger partial charge in [0.15, 0.2) is 0 Å². The molecule has 5 nitrogen and oxygen atoms in total. The van der Waals surface area contributed by atoms with Gasteiger partial charge >= 0.3 is 6.09 Å². The Labute approximate surface area is 105 Å². The van der Waals surface area contributed by atoms with E-state index in [4.69, 9.17) is 0 Å². The number of aryl methyl sites for hydroxylation is 1. The number of nitrogens with one attached hydrogen (secondary N) is 1. The highest BCUT2D eigenvalue weighted by molar-refractivity contribution is 5.67. The van der Waals surface area contributed by atoms with Crippen LogP contribution >= 0.6 is 0 Å². The molecule has 0 unspecified atom stereocenters. The normalized spacial score (nSPS) is 10.1. The topological polar surface area (TPSA) is 56.1 Å². The van der Waals surface area contributed by atoms with Gasteiger partial charge in [-0.2, -0.15) is 5.10 Å². The zero-order valence-electron chi connectivity index (χ0n) is 10.4. The second-order valence-corrected chi connectivity index (χ2v) is 3.95. The van der Waals surface area contributed by atoms with Crippen LogP contribution in [-0.2, 0) is 18.3 Å². The summed E-state index contributed by atoms with van der Waals surface area (Å²) in [4.78, 5) is 11.0. The monoisotopic (exact) mass is 245 g/mol. The Morgan fingerprint density at radius 2 is 2.28 bits per heavy atom. The number of carbonyl (C=O) groups excluding carboxylic acids is 1. The predicted octanol–water partition coefficient (Wildman–Crippen LogP) is 1.94. The van der Waals surface area contributed by atoms with Crippen LogP contribution in [0.15, 0.2) is 36.7 Å². The summed E-state index contributed by atoms with van der Waals surface area (Å²) < 4.78 is 6.29. The first-order valence-electron chi connectivity index (χ1n) is 5.59. The summed E-state index contributed by atoms with van der Waals surface area (Å²) in [5.74, 6) is 0. The molecule has 1 aromatic carbocycles. The molecule has 0 atom stereocenters. The Balaban J connectivity index is 2.12. The molecule has 0 saturated heterocycles. The van der Waals surface area contributed by atoms with E-state index < -0.39 is 6.09 Å². The number of carbonyl (C=O) groups is 1. The van der Waals surface area contributed by atoms with Gasteiger partial charge in [-0.05, 0) is 17.2 Å². The zero-order chi connectivity index (χ0) is 13.0. The number of benzene rings is 1. The molecule has 0 saturated carbocycles. The van der Waals surface area contributed by atoms with Crippen molar-refractivity contribution in [1.82, 2.24) is 15.1 Å². The Morgan fingerprint density at radius 1 is 1.44 bits per heavy atom. The standard InChI is InChI=1S/C13H15N3O2/c1-16-9-12(8-15-16)11-5-3-4-10(6-11)7-14-13(17)18-2/h3-6,8-9H,7H2,1-2H3,(H,14,17). The van der Waals surface area contributed by atoms with E-state index in [0.717, 1.165) is 16.7 Å². The van der Waals surface area contributed by atoms with Crippen molar-refractivity contribution in [3.8, 4) is 11.1 Å². The minimum atomic E-state index is -0.429. The molecular weight excluding hydrogens is 230 g/mol. The summed E-state index contributed by atoms with van der Waals surface area (Å²) in [7, 11) is 3.23. The largest absolute Gasteiger partial charge is 0.453 e. The van der Waals surface area contributed by atoms with Gasteiger partial charge in [0.05, 0.1) is 13.3 Å². The smallest absolute Gasteiger partial charge is 0.407 e. The fourth-order valence-electron chi connectivity index (χ4n) is 1.68. The van der Waals surface area contributed by atoms with Crippen LogP contribution in [0.2, 0.25) is 0 Å². The molecule has 18 heavy (non-hydrogen) atoms. The second-order valence-electron chi connectivity index (χ2n) is 3.95. The van der Waals surface area contributed by atoms with Gasteiger partial charge in [-0.3, -0.25) is 4.68 Å². The number of alkyl carbamates (subject to hydrolysis) is 1. The van der Waals surface area contributed by atoms with Crippen molar-refractivity contribution in [2.45, 2.75) is 6.54 Å². The maximum absolute atomic E-state index is 11.0. The first kappa shape index (κ1) is 12.2. The number of hydrogen-bond donors (Lipinski definition) is 1. The summed E-state index contributed by atoms with van der Waals surface area (Å²) in [6.45, 7) is 0.445. The molecule has 1 heterocycles. The molecule has 1 aromatic heterocycles. The van der Waals surface area contributed by atoms with Crippen LogP contribution in [-0.4, -0.2) is 23.0 Å². The van der Waals surface area contributed by atoms with Crippen molar-refractivity contribution in [1.29, 1.82) is 0 Å². The SMILES string of the molecule is COC(=O)NCc1cccc(-c2cnn(C)c2)c1. The van der Waals surface area contributed by atoms with Crippen LogP contribution in [0.25, 0.3) is 11.1 Å². The Hall–Kier alpha value is -2.30. The quantitative estimate of drug-likeness (QED) is 0.899. The van der Waals surface area contributed by atoms with Gasteiger partial charge in [0.2, 0.25) is 0 Å². The van der Waals surface area contributed by atoms with Gasteiger partial charge in [-0.25, -0.2) is 4.79 Å². The molecule has 1 N–H and O–H groups in total. The summed E-state index contributed by atoms with van der Waals surface area (Å²) in [5.41, 5.74) is 3.14. The molecule has 0 fully saturated rings. The van der Waals surface area contributed by atoms with Crippen molar-refractivity contribution in [3.63, 3.8) is 0 Å². The number of hydrogen-bond acceptors (Lipinski definition) is 3. The maximum Gasteiger partial charge on any atom is 0.407 e. The molecule has 0 aliphatic heterocycles. The molecule has 0 spiro atoms. The van der Waals surface area contributed by atoms with Crippen LogP contribution in [0.3, 0.4) is 0 Å². The highest BCUT2D eigenvalue weighted by Crippen LogP contribution is 2.19. The predicted molar refractivity (Wildman–Crippen MR) is 67.9 cm³/mol. The van der Waals surface area contributed by atoms with Crippen molar-refractivity contribution >= 4 is 6.09 Å². The van der Waals surface area contributed by atoms with Crippen LogP contribution in [0.4, 0.5) is 4.79 Å². The van der Waals surface area contributed by atoms with Crippen molar-refractivity contribution in [2.75, 3.05) is 7.11 Å². The average Bonchev–Trinajstić information content (AvgIpc) is 2.83. The lowest BCUT2D eigenvalue weighted by Gasteiger charge is -2.05. The number of methoxy groups -OCH3 is 1. The lowest BCUT2D eigenvalue weighted by molar-refractivity contribution is 0.170. The van der Waals surface area contributed by atoms with E-state index in [9.17, 15) is 4.79 Å². The van der Waals surface area contributed by atoms with E-state index in [2.05, 4.69) is 15.2 Å². The fraction of sp³-hybridized carbons (Fsp3) is 0.231. The van der Waals surface area contributed by atoms with E-state index in [0.29, 0.717) is 6.54 Å². The van der Waals surface area contributed by atoms with Gasteiger partial charge in [-0.15, -0.1) is 0 Å². The van der Waals surface area contributed by atoms with E-state index in [-0.39, 0.29) is 0 Å². The number of nitrogens with zero attached hydrogens (tertiary/aromatic N) is 2. The fourth-order valence-corrected chi connectivity index (χ4v) is 1.68. The van der Waals surface area contributed by atoms with Gasteiger partial charge in [0.1, 0.15) is 0 Å². The third kappa shape index (κ3) is 2.88. The van der Waals surface area contributed by atoms with Crippen LogP contribution < -0.4 is 5.32 Å². The average molecular weight is 245 g/mol. The van der Waals surface area contributed by atoms with Gasteiger partial charge in [-0.1, -0.05) is 18.2 Å². The maximum atomic E-state index is 11.0. The summed E-state index contributed by atoms with van der Waals surface area (Å²) in [5, 5.41) is 6.79. The Kier molecular flexibility index (Phi) is 3.62. The number of amides is 1. The third-order valence-corrected chi connectivity index (χ3v) is 2.59. The van der Waals surface area contributed by atoms with Gasteiger partial charge < -0.3 is 10.1 Å². The first-order chi connectivity index (χ1) is 8.69. The van der Waals surface area contributed by atoms with Crippen molar-refractivity contribution in [3.05, 3.63) is 42.2 Å². The second kappa shape index (κ2) is 5.35. The van der Waals surface area contributed by atoms with Gasteiger partial charge in [0, 0.05) is 25.4 Å². The number of rotatable bonds is 3. The minimum Gasteiger partial charge on any atom is -0.453 e. The number of ether oxygens (including phenoxy) is 1. The molecule has 0 bridgehead atoms. The lowest BCUT2D eigenvalue weighted by atomic mass is 10.1.